The average Bonchev–Trinajstić information content (AvgIpc) is 3.36. The van der Waals surface area contributed by atoms with E-state index in [1.807, 2.05) is 4.90 Å². The van der Waals surface area contributed by atoms with Crippen LogP contribution < -0.4 is 15.5 Å². The van der Waals surface area contributed by atoms with Crippen molar-refractivity contribution in [2.75, 3.05) is 36.5 Å². The lowest BCUT2D eigenvalue weighted by molar-refractivity contribution is -0.138. The highest BCUT2D eigenvalue weighted by molar-refractivity contribution is 7.13. The van der Waals surface area contributed by atoms with E-state index in [1.54, 1.807) is 13.0 Å². The van der Waals surface area contributed by atoms with Crippen LogP contribution in [0.2, 0.25) is 0 Å². The molecule has 1 saturated heterocycles. The Bertz CT molecular complexity index is 1260. The number of ether oxygens (including phenoxy) is 1. The quantitative estimate of drug-likeness (QED) is 0.508. The van der Waals surface area contributed by atoms with E-state index in [0.717, 1.165) is 17.4 Å². The molecule has 3 heterocycles. The first-order valence-corrected chi connectivity index (χ1v) is 11.8. The third-order valence-electron chi connectivity index (χ3n) is 5.49. The first kappa shape index (κ1) is 25.5. The number of aryl methyl sites for hydroxylation is 1. The standard InChI is InChI=1S/C23H23F3N6O3S/c1-13-3-4-15(9-16(13)23(24,25)26)31-21(34)18-11-27-22(36-18)14(2)30-20(33)17-10-19(29-12-28-17)32-5-7-35-8-6-32/h3-4,9-12,14H,5-8H2,1-2H3,(H,30,33)(H,31,34). The molecule has 1 unspecified atom stereocenters. The van der Waals surface area contributed by atoms with Crippen LogP contribution in [-0.4, -0.2) is 53.1 Å². The zero-order valence-electron chi connectivity index (χ0n) is 19.4. The summed E-state index contributed by atoms with van der Waals surface area (Å²) in [5.74, 6) is -0.399. The van der Waals surface area contributed by atoms with Gasteiger partial charge in [0, 0.05) is 24.8 Å². The fourth-order valence-electron chi connectivity index (χ4n) is 3.56. The number of carbonyl (C=O) groups is 2. The molecule has 1 fully saturated rings. The smallest absolute Gasteiger partial charge is 0.378 e. The number of nitrogens with one attached hydrogen (secondary N) is 2. The molecule has 1 aliphatic rings. The third kappa shape index (κ3) is 5.97. The Morgan fingerprint density at radius 1 is 1.11 bits per heavy atom. The molecule has 0 radical (unpaired) electrons. The maximum atomic E-state index is 13.2. The Morgan fingerprint density at radius 2 is 1.86 bits per heavy atom. The van der Waals surface area contributed by atoms with Crippen LogP contribution in [0, 0.1) is 6.92 Å². The number of alkyl halides is 3. The number of morpholine rings is 1. The highest BCUT2D eigenvalue weighted by Crippen LogP contribution is 2.33. The van der Waals surface area contributed by atoms with Crippen LogP contribution in [0.15, 0.2) is 36.8 Å². The van der Waals surface area contributed by atoms with E-state index in [0.29, 0.717) is 37.1 Å². The lowest BCUT2D eigenvalue weighted by atomic mass is 10.1. The summed E-state index contributed by atoms with van der Waals surface area (Å²) < 4.78 is 44.8. The largest absolute Gasteiger partial charge is 0.416 e. The second-order valence-electron chi connectivity index (χ2n) is 8.10. The van der Waals surface area contributed by atoms with Gasteiger partial charge >= 0.3 is 6.18 Å². The molecule has 0 bridgehead atoms. The number of benzene rings is 1. The van der Waals surface area contributed by atoms with Crippen molar-refractivity contribution < 1.29 is 27.5 Å². The molecule has 2 aromatic heterocycles. The van der Waals surface area contributed by atoms with Gasteiger partial charge in [-0.2, -0.15) is 13.2 Å². The van der Waals surface area contributed by atoms with Crippen LogP contribution in [0.1, 0.15) is 49.3 Å². The average molecular weight is 521 g/mol. The van der Waals surface area contributed by atoms with E-state index in [1.165, 1.54) is 31.6 Å². The van der Waals surface area contributed by atoms with E-state index in [2.05, 4.69) is 25.6 Å². The molecule has 0 spiro atoms. The Morgan fingerprint density at radius 3 is 2.58 bits per heavy atom. The number of thiazole rings is 1. The number of hydrogen-bond acceptors (Lipinski definition) is 8. The maximum absolute atomic E-state index is 13.2. The number of hydrogen-bond donors (Lipinski definition) is 2. The second kappa shape index (κ2) is 10.6. The van der Waals surface area contributed by atoms with Crippen molar-refractivity contribution >= 4 is 34.7 Å². The Hall–Kier alpha value is -3.58. The van der Waals surface area contributed by atoms with Gasteiger partial charge in [-0.3, -0.25) is 9.59 Å². The summed E-state index contributed by atoms with van der Waals surface area (Å²) in [6, 6.07) is 4.66. The topological polar surface area (TPSA) is 109 Å². The van der Waals surface area contributed by atoms with Crippen molar-refractivity contribution in [1.29, 1.82) is 0 Å². The van der Waals surface area contributed by atoms with Gasteiger partial charge in [0.2, 0.25) is 0 Å². The molecular weight excluding hydrogens is 497 g/mol. The van der Waals surface area contributed by atoms with Crippen LogP contribution in [0.5, 0.6) is 0 Å². The fraction of sp³-hybridized carbons (Fsp3) is 0.348. The summed E-state index contributed by atoms with van der Waals surface area (Å²) in [6.07, 6.45) is -1.88. The van der Waals surface area contributed by atoms with Crippen LogP contribution in [0.3, 0.4) is 0 Å². The maximum Gasteiger partial charge on any atom is 0.416 e. The minimum atomic E-state index is -4.53. The molecule has 0 saturated carbocycles. The van der Waals surface area contributed by atoms with Crippen LogP contribution in [0.25, 0.3) is 0 Å². The van der Waals surface area contributed by atoms with Crippen LogP contribution in [0.4, 0.5) is 24.7 Å². The third-order valence-corrected chi connectivity index (χ3v) is 6.67. The highest BCUT2D eigenvalue weighted by atomic mass is 32.1. The SMILES string of the molecule is Cc1ccc(NC(=O)c2cnc(C(C)NC(=O)c3cc(N4CCOCC4)ncn3)s2)cc1C(F)(F)F. The van der Waals surface area contributed by atoms with Crippen molar-refractivity contribution in [2.24, 2.45) is 0 Å². The fourth-order valence-corrected chi connectivity index (χ4v) is 4.38. The number of aromatic nitrogens is 3. The summed E-state index contributed by atoms with van der Waals surface area (Å²) in [4.78, 5) is 40.0. The van der Waals surface area contributed by atoms with E-state index in [9.17, 15) is 22.8 Å². The minimum Gasteiger partial charge on any atom is -0.378 e. The molecule has 2 N–H and O–H groups in total. The van der Waals surface area contributed by atoms with Crippen molar-refractivity contribution in [2.45, 2.75) is 26.1 Å². The molecule has 1 aromatic carbocycles. The summed E-state index contributed by atoms with van der Waals surface area (Å²) in [5, 5.41) is 5.72. The highest BCUT2D eigenvalue weighted by Gasteiger charge is 2.32. The molecule has 1 aliphatic heterocycles. The summed E-state index contributed by atoms with van der Waals surface area (Å²) >= 11 is 1.03. The predicted octanol–water partition coefficient (Wildman–Crippen LogP) is 3.84. The molecule has 36 heavy (non-hydrogen) atoms. The Labute approximate surface area is 208 Å². The monoisotopic (exact) mass is 520 g/mol. The van der Waals surface area contributed by atoms with Gasteiger partial charge in [0.25, 0.3) is 11.8 Å². The summed E-state index contributed by atoms with van der Waals surface area (Å²) in [6.45, 7) is 5.55. The van der Waals surface area contributed by atoms with Gasteiger partial charge in [-0.1, -0.05) is 6.07 Å². The predicted molar refractivity (Wildman–Crippen MR) is 127 cm³/mol. The van der Waals surface area contributed by atoms with E-state index >= 15 is 0 Å². The van der Waals surface area contributed by atoms with Gasteiger partial charge in [-0.05, 0) is 31.5 Å². The van der Waals surface area contributed by atoms with Crippen LogP contribution >= 0.6 is 11.3 Å². The van der Waals surface area contributed by atoms with Crippen molar-refractivity contribution in [1.82, 2.24) is 20.3 Å². The molecular formula is C23H23F3N6O3S. The first-order valence-electron chi connectivity index (χ1n) is 11.0. The van der Waals surface area contributed by atoms with E-state index < -0.39 is 29.6 Å². The first-order chi connectivity index (χ1) is 17.1. The zero-order valence-corrected chi connectivity index (χ0v) is 20.2. The molecule has 1 atom stereocenters. The van der Waals surface area contributed by atoms with Gasteiger partial charge in [-0.15, -0.1) is 11.3 Å². The Balaban J connectivity index is 1.40. The lowest BCUT2D eigenvalue weighted by Gasteiger charge is -2.27. The molecule has 3 aromatic rings. The van der Waals surface area contributed by atoms with Crippen molar-refractivity contribution in [3.63, 3.8) is 0 Å². The number of halogens is 3. The van der Waals surface area contributed by atoms with Crippen molar-refractivity contribution in [3.8, 4) is 0 Å². The molecule has 13 heteroatoms. The normalized spacial score (nSPS) is 14.9. The second-order valence-corrected chi connectivity index (χ2v) is 9.16. The number of amides is 2. The van der Waals surface area contributed by atoms with E-state index in [-0.39, 0.29) is 21.8 Å². The van der Waals surface area contributed by atoms with Gasteiger partial charge in [-0.25, -0.2) is 15.0 Å². The molecule has 190 valence electrons. The van der Waals surface area contributed by atoms with Gasteiger partial charge in [0.1, 0.15) is 27.7 Å². The van der Waals surface area contributed by atoms with Gasteiger partial charge < -0.3 is 20.3 Å². The molecule has 2 amide bonds. The minimum absolute atomic E-state index is 0.0223. The summed E-state index contributed by atoms with van der Waals surface area (Å²) in [5.41, 5.74) is -0.546. The zero-order chi connectivity index (χ0) is 25.9. The molecule has 9 nitrogen and oxygen atoms in total. The number of nitrogens with zero attached hydrogens (tertiary/aromatic N) is 4. The van der Waals surface area contributed by atoms with Gasteiger partial charge in [0.15, 0.2) is 0 Å². The van der Waals surface area contributed by atoms with Gasteiger partial charge in [0.05, 0.1) is 31.0 Å². The molecule has 4 rings (SSSR count). The van der Waals surface area contributed by atoms with Crippen LogP contribution in [-0.2, 0) is 10.9 Å². The van der Waals surface area contributed by atoms with Crippen molar-refractivity contribution in [3.05, 3.63) is 63.5 Å². The lowest BCUT2D eigenvalue weighted by Crippen LogP contribution is -2.37. The molecule has 0 aliphatic carbocycles. The summed E-state index contributed by atoms with van der Waals surface area (Å²) in [7, 11) is 0. The number of rotatable bonds is 6. The number of carbonyl (C=O) groups excluding carboxylic acids is 2. The number of anilines is 2. The Kier molecular flexibility index (Phi) is 7.50. The van der Waals surface area contributed by atoms with E-state index in [4.69, 9.17) is 4.74 Å².